The van der Waals surface area contributed by atoms with Gasteiger partial charge in [0.1, 0.15) is 6.29 Å². The van der Waals surface area contributed by atoms with E-state index in [0.717, 1.165) is 58.1 Å². The molecule has 0 amide bonds. The quantitative estimate of drug-likeness (QED) is 0.474. The van der Waals surface area contributed by atoms with E-state index < -0.39 is 0 Å². The van der Waals surface area contributed by atoms with Crippen LogP contribution in [0.25, 0.3) is 0 Å². The van der Waals surface area contributed by atoms with Crippen molar-refractivity contribution in [2.75, 3.05) is 40.3 Å². The average molecular weight is 416 g/mol. The van der Waals surface area contributed by atoms with E-state index in [1.807, 2.05) is 0 Å². The van der Waals surface area contributed by atoms with Gasteiger partial charge in [0.25, 0.3) is 0 Å². The summed E-state index contributed by atoms with van der Waals surface area (Å²) in [5, 5.41) is 2.10. The molecule has 0 radical (unpaired) electrons. The molecular weight excluding hydrogens is 374 g/mol. The molecule has 2 fully saturated rings. The molecule has 0 aromatic heterocycles. The Bertz CT molecular complexity index is 591. The first-order valence-electron chi connectivity index (χ1n) is 11.2. The normalized spacial score (nSPS) is 17.2. The summed E-state index contributed by atoms with van der Waals surface area (Å²) in [5.74, 6) is 0. The van der Waals surface area contributed by atoms with Gasteiger partial charge in [-0.1, -0.05) is 43.5 Å². The molecule has 1 aliphatic carbocycles. The number of carbonyl (C=O) groups is 1. The number of terminal acetylenes is 1. The van der Waals surface area contributed by atoms with Crippen LogP contribution in [0.4, 0.5) is 0 Å². The molecule has 1 aromatic carbocycles. The van der Waals surface area contributed by atoms with Crippen molar-refractivity contribution >= 4 is 6.29 Å². The minimum absolute atomic E-state index is 0.750. The molecule has 1 heterocycles. The van der Waals surface area contributed by atoms with Crippen molar-refractivity contribution in [1.29, 1.82) is 0 Å². The van der Waals surface area contributed by atoms with Gasteiger partial charge in [-0.05, 0) is 51.4 Å². The first-order chi connectivity index (χ1) is 14.6. The fourth-order valence-corrected chi connectivity index (χ4v) is 4.05. The van der Waals surface area contributed by atoms with Crippen molar-refractivity contribution in [3.05, 3.63) is 35.4 Å². The van der Waals surface area contributed by atoms with Gasteiger partial charge in [0.05, 0.1) is 6.61 Å². The van der Waals surface area contributed by atoms with Crippen molar-refractivity contribution < 1.29 is 9.63 Å². The lowest BCUT2D eigenvalue weighted by Crippen LogP contribution is -2.40. The van der Waals surface area contributed by atoms with E-state index in [-0.39, 0.29) is 0 Å². The van der Waals surface area contributed by atoms with Gasteiger partial charge in [-0.25, -0.2) is 0 Å². The molecule has 0 N–H and O–H groups in total. The summed E-state index contributed by atoms with van der Waals surface area (Å²) in [7, 11) is 4.35. The topological polar surface area (TPSA) is 36.0 Å². The summed E-state index contributed by atoms with van der Waals surface area (Å²) in [6, 6.07) is 9.88. The standard InChI is InChI=1S/C21H35N3O.C2H4O.C2H2/c1-22(2)13-14-23(21-10-4-3-5-11-21)17-19-8-6-9-20(16-19)18-24-12-7-15-25-24;1-2-3;1-2/h6,8-9,16,21H,3-5,7,10-15,17-18H2,1-2H3;2H,1H3;1-2H. The Labute approximate surface area is 184 Å². The first kappa shape index (κ1) is 26.3. The van der Waals surface area contributed by atoms with Crippen LogP contribution in [0.5, 0.6) is 0 Å². The summed E-state index contributed by atoms with van der Waals surface area (Å²) in [6.45, 7) is 7.66. The molecule has 1 saturated heterocycles. The van der Waals surface area contributed by atoms with Crippen LogP contribution in [0.3, 0.4) is 0 Å². The van der Waals surface area contributed by atoms with Crippen molar-refractivity contribution in [3.8, 4) is 12.8 Å². The Kier molecular flexibility index (Phi) is 14.1. The fraction of sp³-hybridized carbons (Fsp3) is 0.640. The van der Waals surface area contributed by atoms with Crippen LogP contribution in [0, 0.1) is 12.8 Å². The van der Waals surface area contributed by atoms with Gasteiger partial charge in [-0.15, -0.1) is 12.8 Å². The lowest BCUT2D eigenvalue weighted by atomic mass is 9.93. The highest BCUT2D eigenvalue weighted by Crippen LogP contribution is 2.24. The Hall–Kier alpha value is -1.71. The maximum atomic E-state index is 8.81. The zero-order valence-corrected chi connectivity index (χ0v) is 19.3. The SMILES string of the molecule is C#C.CC=O.CN(C)CCN(Cc1cccc(CN2CCCO2)c1)C1CCCCC1. The average Bonchev–Trinajstić information content (AvgIpc) is 3.27. The molecule has 30 heavy (non-hydrogen) atoms. The zero-order valence-electron chi connectivity index (χ0n) is 19.3. The molecule has 0 bridgehead atoms. The van der Waals surface area contributed by atoms with Crippen LogP contribution in [0.1, 0.15) is 56.6 Å². The lowest BCUT2D eigenvalue weighted by Gasteiger charge is -2.35. The molecule has 1 aromatic rings. The minimum atomic E-state index is 0.750. The van der Waals surface area contributed by atoms with Crippen LogP contribution < -0.4 is 0 Å². The maximum Gasteiger partial charge on any atom is 0.116 e. The monoisotopic (exact) mass is 415 g/mol. The van der Waals surface area contributed by atoms with Crippen LogP contribution >= 0.6 is 0 Å². The van der Waals surface area contributed by atoms with Crippen molar-refractivity contribution in [2.24, 2.45) is 0 Å². The molecule has 168 valence electrons. The number of likely N-dealkylation sites (N-methyl/N-ethyl adjacent to an activating group) is 1. The highest BCUT2D eigenvalue weighted by molar-refractivity contribution is 5.44. The predicted octanol–water partition coefficient (Wildman–Crippen LogP) is 3.97. The third kappa shape index (κ3) is 10.4. The number of benzene rings is 1. The van der Waals surface area contributed by atoms with Crippen LogP contribution in [0.2, 0.25) is 0 Å². The van der Waals surface area contributed by atoms with E-state index in [1.54, 1.807) is 0 Å². The first-order valence-corrected chi connectivity index (χ1v) is 11.2. The number of hydrogen-bond acceptors (Lipinski definition) is 5. The molecule has 1 aliphatic heterocycles. The lowest BCUT2D eigenvalue weighted by molar-refractivity contribution is -0.117. The van der Waals surface area contributed by atoms with Crippen LogP contribution in [-0.2, 0) is 22.7 Å². The molecule has 1 saturated carbocycles. The van der Waals surface area contributed by atoms with Gasteiger partial charge < -0.3 is 9.69 Å². The van der Waals surface area contributed by atoms with Crippen LogP contribution in [0.15, 0.2) is 24.3 Å². The molecule has 3 rings (SSSR count). The van der Waals surface area contributed by atoms with Gasteiger partial charge in [0, 0.05) is 38.8 Å². The minimum Gasteiger partial charge on any atom is -0.308 e. The van der Waals surface area contributed by atoms with Gasteiger partial charge in [-0.2, -0.15) is 5.06 Å². The number of rotatable bonds is 8. The Balaban J connectivity index is 0.000000826. The van der Waals surface area contributed by atoms with E-state index in [2.05, 4.69) is 66.1 Å². The van der Waals surface area contributed by atoms with Crippen molar-refractivity contribution in [2.45, 2.75) is 64.6 Å². The second-order valence-corrected chi connectivity index (χ2v) is 8.17. The van der Waals surface area contributed by atoms with E-state index in [0.29, 0.717) is 0 Å². The molecule has 2 aliphatic rings. The highest BCUT2D eigenvalue weighted by atomic mass is 16.7. The number of carbonyl (C=O) groups excluding carboxylic acids is 1. The van der Waals surface area contributed by atoms with Crippen molar-refractivity contribution in [1.82, 2.24) is 14.9 Å². The summed E-state index contributed by atoms with van der Waals surface area (Å²) in [6.07, 6.45) is 16.9. The van der Waals surface area contributed by atoms with Crippen molar-refractivity contribution in [3.63, 3.8) is 0 Å². The predicted molar refractivity (Wildman–Crippen MR) is 125 cm³/mol. The molecular formula is C25H41N3O2. The molecule has 5 nitrogen and oxygen atoms in total. The Morgan fingerprint density at radius 1 is 1.10 bits per heavy atom. The third-order valence-electron chi connectivity index (χ3n) is 5.49. The van der Waals surface area contributed by atoms with Gasteiger partial charge >= 0.3 is 0 Å². The van der Waals surface area contributed by atoms with Crippen LogP contribution in [-0.4, -0.2) is 67.5 Å². The Morgan fingerprint density at radius 2 is 1.77 bits per heavy atom. The second kappa shape index (κ2) is 16.0. The number of hydrogen-bond donors (Lipinski definition) is 0. The largest absolute Gasteiger partial charge is 0.308 e. The van der Waals surface area contributed by atoms with E-state index in [4.69, 9.17) is 9.63 Å². The molecule has 0 atom stereocenters. The molecule has 0 unspecified atom stereocenters. The van der Waals surface area contributed by atoms with Gasteiger partial charge in [0.15, 0.2) is 0 Å². The van der Waals surface area contributed by atoms with E-state index in [9.17, 15) is 0 Å². The van der Waals surface area contributed by atoms with E-state index >= 15 is 0 Å². The second-order valence-electron chi connectivity index (χ2n) is 8.17. The number of hydroxylamine groups is 2. The smallest absolute Gasteiger partial charge is 0.116 e. The summed E-state index contributed by atoms with van der Waals surface area (Å²) in [4.78, 5) is 19.5. The van der Waals surface area contributed by atoms with E-state index in [1.165, 1.54) is 50.2 Å². The maximum absolute atomic E-state index is 8.81. The number of aldehydes is 1. The Morgan fingerprint density at radius 3 is 2.37 bits per heavy atom. The summed E-state index contributed by atoms with van der Waals surface area (Å²) >= 11 is 0. The summed E-state index contributed by atoms with van der Waals surface area (Å²) in [5.41, 5.74) is 2.82. The zero-order chi connectivity index (χ0) is 22.2. The van der Waals surface area contributed by atoms with Gasteiger partial charge in [0.2, 0.25) is 0 Å². The third-order valence-corrected chi connectivity index (χ3v) is 5.49. The molecule has 0 spiro atoms. The number of nitrogens with zero attached hydrogens (tertiary/aromatic N) is 3. The highest BCUT2D eigenvalue weighted by Gasteiger charge is 2.21. The molecule has 5 heteroatoms. The fourth-order valence-electron chi connectivity index (χ4n) is 4.05. The summed E-state index contributed by atoms with van der Waals surface area (Å²) < 4.78 is 0. The van der Waals surface area contributed by atoms with Gasteiger partial charge in [-0.3, -0.25) is 9.74 Å².